The minimum absolute atomic E-state index is 0.0418. The van der Waals surface area contributed by atoms with E-state index >= 15 is 0 Å². The second-order valence-corrected chi connectivity index (χ2v) is 6.31. The monoisotopic (exact) mass is 338 g/mol. The number of amides is 2. The third-order valence-corrected chi connectivity index (χ3v) is 4.35. The molecule has 3 rings (SSSR count). The van der Waals surface area contributed by atoms with Gasteiger partial charge in [0, 0.05) is 11.6 Å². The lowest BCUT2D eigenvalue weighted by molar-refractivity contribution is -0.122. The second-order valence-electron chi connectivity index (χ2n) is 6.31. The minimum Gasteiger partial charge on any atom is -0.496 e. The van der Waals surface area contributed by atoms with Gasteiger partial charge in [-0.2, -0.15) is 0 Å². The Morgan fingerprint density at radius 1 is 1.08 bits per heavy atom. The van der Waals surface area contributed by atoms with Gasteiger partial charge in [0.2, 0.25) is 11.8 Å². The lowest BCUT2D eigenvalue weighted by atomic mass is 10.1. The summed E-state index contributed by atoms with van der Waals surface area (Å²) in [5.41, 5.74) is 2.36. The molecular formula is C20H22N2O3. The van der Waals surface area contributed by atoms with Crippen molar-refractivity contribution >= 4 is 23.2 Å². The van der Waals surface area contributed by atoms with Crippen LogP contribution in [0.3, 0.4) is 0 Å². The van der Waals surface area contributed by atoms with E-state index in [9.17, 15) is 9.59 Å². The number of nitrogens with zero attached hydrogens (tertiary/aromatic N) is 2. The maximum Gasteiger partial charge on any atom is 0.247 e. The van der Waals surface area contributed by atoms with Gasteiger partial charge in [0.25, 0.3) is 0 Å². The van der Waals surface area contributed by atoms with Crippen molar-refractivity contribution in [2.45, 2.75) is 26.3 Å². The Hall–Kier alpha value is -2.82. The smallest absolute Gasteiger partial charge is 0.247 e. The molecule has 25 heavy (non-hydrogen) atoms. The summed E-state index contributed by atoms with van der Waals surface area (Å²) in [6, 6.07) is 15.0. The number of methoxy groups -OCH3 is 1. The van der Waals surface area contributed by atoms with Crippen molar-refractivity contribution in [2.24, 2.45) is 0 Å². The zero-order valence-electron chi connectivity index (χ0n) is 14.7. The van der Waals surface area contributed by atoms with Gasteiger partial charge in [0.15, 0.2) is 0 Å². The molecule has 2 aromatic carbocycles. The molecule has 0 aliphatic carbocycles. The van der Waals surface area contributed by atoms with Crippen LogP contribution in [0.1, 0.15) is 19.4 Å². The van der Waals surface area contributed by atoms with E-state index in [0.29, 0.717) is 5.75 Å². The average molecular weight is 338 g/mol. The van der Waals surface area contributed by atoms with Gasteiger partial charge >= 0.3 is 0 Å². The van der Waals surface area contributed by atoms with Crippen LogP contribution in [0, 0.1) is 0 Å². The maximum atomic E-state index is 12.9. The number of rotatable bonds is 4. The summed E-state index contributed by atoms with van der Waals surface area (Å²) in [5.74, 6) is 0.493. The first-order valence-electron chi connectivity index (χ1n) is 8.36. The van der Waals surface area contributed by atoms with Crippen LogP contribution in [0.2, 0.25) is 0 Å². The number of ether oxygens (including phenoxy) is 1. The van der Waals surface area contributed by atoms with E-state index in [-0.39, 0.29) is 30.8 Å². The van der Waals surface area contributed by atoms with E-state index in [0.717, 1.165) is 16.9 Å². The molecule has 0 bridgehead atoms. The van der Waals surface area contributed by atoms with E-state index in [1.54, 1.807) is 16.9 Å². The Bertz CT molecular complexity index is 801. The zero-order valence-corrected chi connectivity index (χ0v) is 14.7. The van der Waals surface area contributed by atoms with Gasteiger partial charge in [-0.25, -0.2) is 0 Å². The van der Waals surface area contributed by atoms with E-state index in [1.165, 1.54) is 0 Å². The van der Waals surface area contributed by atoms with Crippen LogP contribution in [-0.4, -0.2) is 31.5 Å². The fourth-order valence-electron chi connectivity index (χ4n) is 3.22. The van der Waals surface area contributed by atoms with Crippen molar-refractivity contribution in [3.8, 4) is 5.75 Å². The van der Waals surface area contributed by atoms with E-state index < -0.39 is 0 Å². The van der Waals surface area contributed by atoms with Gasteiger partial charge in [0.05, 0.1) is 24.9 Å². The summed E-state index contributed by atoms with van der Waals surface area (Å²) in [5, 5.41) is 0. The SMILES string of the molecule is COc1ccccc1CC(=O)N1CC(=O)N(C(C)C)c2ccccc21. The molecule has 5 nitrogen and oxygen atoms in total. The van der Waals surface area contributed by atoms with Crippen molar-refractivity contribution in [1.29, 1.82) is 0 Å². The third kappa shape index (κ3) is 3.22. The highest BCUT2D eigenvalue weighted by molar-refractivity contribution is 6.11. The average Bonchev–Trinajstić information content (AvgIpc) is 2.61. The molecule has 2 amide bonds. The van der Waals surface area contributed by atoms with Crippen molar-refractivity contribution in [2.75, 3.05) is 23.5 Å². The highest BCUT2D eigenvalue weighted by Gasteiger charge is 2.33. The Kier molecular flexibility index (Phi) is 4.74. The summed E-state index contributed by atoms with van der Waals surface area (Å²) >= 11 is 0. The molecule has 1 aliphatic heterocycles. The number of carbonyl (C=O) groups excluding carboxylic acids is 2. The highest BCUT2D eigenvalue weighted by atomic mass is 16.5. The lowest BCUT2D eigenvalue weighted by Gasteiger charge is -2.38. The Labute approximate surface area is 147 Å². The first kappa shape index (κ1) is 17.0. The summed E-state index contributed by atoms with van der Waals surface area (Å²) in [7, 11) is 1.59. The molecule has 0 spiro atoms. The number of hydrogen-bond acceptors (Lipinski definition) is 3. The maximum absolute atomic E-state index is 12.9. The molecule has 0 saturated carbocycles. The normalized spacial score (nSPS) is 13.8. The highest BCUT2D eigenvalue weighted by Crippen LogP contribution is 2.35. The first-order valence-corrected chi connectivity index (χ1v) is 8.36. The molecular weight excluding hydrogens is 316 g/mol. The summed E-state index contributed by atoms with van der Waals surface area (Å²) in [6.07, 6.45) is 0.188. The van der Waals surface area contributed by atoms with Crippen LogP contribution < -0.4 is 14.5 Å². The molecule has 130 valence electrons. The third-order valence-electron chi connectivity index (χ3n) is 4.35. The van der Waals surface area contributed by atoms with Crippen molar-refractivity contribution in [3.05, 3.63) is 54.1 Å². The first-order chi connectivity index (χ1) is 12.0. The molecule has 0 aromatic heterocycles. The fourth-order valence-corrected chi connectivity index (χ4v) is 3.22. The van der Waals surface area contributed by atoms with Crippen LogP contribution in [-0.2, 0) is 16.0 Å². The van der Waals surface area contributed by atoms with Crippen molar-refractivity contribution in [1.82, 2.24) is 0 Å². The van der Waals surface area contributed by atoms with Crippen LogP contribution in [0.4, 0.5) is 11.4 Å². The van der Waals surface area contributed by atoms with Gasteiger partial charge in [-0.1, -0.05) is 30.3 Å². The van der Waals surface area contributed by atoms with Gasteiger partial charge in [-0.15, -0.1) is 0 Å². The van der Waals surface area contributed by atoms with Gasteiger partial charge in [0.1, 0.15) is 12.3 Å². The van der Waals surface area contributed by atoms with Gasteiger partial charge < -0.3 is 14.5 Å². The summed E-state index contributed by atoms with van der Waals surface area (Å²) < 4.78 is 5.33. The molecule has 2 aromatic rings. The number of anilines is 2. The number of hydrogen-bond donors (Lipinski definition) is 0. The molecule has 0 saturated heterocycles. The number of benzene rings is 2. The van der Waals surface area contributed by atoms with E-state index in [4.69, 9.17) is 4.74 Å². The predicted molar refractivity (Wildman–Crippen MR) is 98.1 cm³/mol. The van der Waals surface area contributed by atoms with E-state index in [1.807, 2.05) is 62.4 Å². The van der Waals surface area contributed by atoms with Crippen LogP contribution >= 0.6 is 0 Å². The molecule has 0 N–H and O–H groups in total. The molecule has 0 radical (unpaired) electrons. The van der Waals surface area contributed by atoms with Crippen molar-refractivity contribution < 1.29 is 14.3 Å². The van der Waals surface area contributed by atoms with Crippen LogP contribution in [0.25, 0.3) is 0 Å². The molecule has 1 heterocycles. The standard InChI is InChI=1S/C20H22N2O3/c1-14(2)22-17-10-6-5-9-16(17)21(13-20(22)24)19(23)12-15-8-4-7-11-18(15)25-3/h4-11,14H,12-13H2,1-3H3. The molecule has 1 aliphatic rings. The topological polar surface area (TPSA) is 49.9 Å². The number of fused-ring (bicyclic) bond motifs is 1. The molecule has 0 atom stereocenters. The van der Waals surface area contributed by atoms with Crippen LogP contribution in [0.5, 0.6) is 5.75 Å². The number of para-hydroxylation sites is 3. The molecule has 5 heteroatoms. The zero-order chi connectivity index (χ0) is 18.0. The Balaban J connectivity index is 1.93. The largest absolute Gasteiger partial charge is 0.496 e. The Morgan fingerprint density at radius 3 is 2.40 bits per heavy atom. The summed E-state index contributed by atoms with van der Waals surface area (Å²) in [4.78, 5) is 28.8. The summed E-state index contributed by atoms with van der Waals surface area (Å²) in [6.45, 7) is 4.01. The van der Waals surface area contributed by atoms with Gasteiger partial charge in [-0.3, -0.25) is 9.59 Å². The lowest BCUT2D eigenvalue weighted by Crippen LogP contribution is -2.51. The van der Waals surface area contributed by atoms with E-state index in [2.05, 4.69) is 0 Å². The number of carbonyl (C=O) groups is 2. The Morgan fingerprint density at radius 2 is 1.72 bits per heavy atom. The fraction of sp³-hybridized carbons (Fsp3) is 0.300. The van der Waals surface area contributed by atoms with Crippen molar-refractivity contribution in [3.63, 3.8) is 0 Å². The minimum atomic E-state index is -0.117. The van der Waals surface area contributed by atoms with Crippen LogP contribution in [0.15, 0.2) is 48.5 Å². The molecule has 0 fully saturated rings. The second kappa shape index (κ2) is 6.97. The quantitative estimate of drug-likeness (QED) is 0.861. The van der Waals surface area contributed by atoms with Gasteiger partial charge in [-0.05, 0) is 32.0 Å². The predicted octanol–water partition coefficient (Wildman–Crippen LogP) is 3.03. The molecule has 0 unspecified atom stereocenters.